The number of nitrogens with one attached hydrogen (secondary N) is 2. The molecule has 0 aliphatic carbocycles. The Hall–Kier alpha value is -3.00. The highest BCUT2D eigenvalue weighted by atomic mass is 32.1. The number of carbonyl (C=O) groups excluding carboxylic acids is 1. The van der Waals surface area contributed by atoms with E-state index in [0.717, 1.165) is 22.8 Å². The molecule has 110 valence electrons. The summed E-state index contributed by atoms with van der Waals surface area (Å²) in [5, 5.41) is 15.7. The van der Waals surface area contributed by atoms with Crippen LogP contribution in [0, 0.1) is 0 Å². The SMILES string of the molecule is O=C(N/N=C/c1ccc(O)cc1)Nc1cccc2nsnc12. The molecule has 7 nitrogen and oxygen atoms in total. The number of nitrogens with zero attached hydrogens (tertiary/aromatic N) is 3. The summed E-state index contributed by atoms with van der Waals surface area (Å²) >= 11 is 1.09. The Balaban J connectivity index is 1.63. The molecule has 8 heteroatoms. The molecule has 2 aromatic carbocycles. The minimum absolute atomic E-state index is 0.174. The molecule has 0 saturated heterocycles. The fourth-order valence-electron chi connectivity index (χ4n) is 1.78. The van der Waals surface area contributed by atoms with Crippen molar-refractivity contribution in [3.63, 3.8) is 0 Å². The number of phenolic OH excluding ortho intramolecular Hbond substituents is 1. The van der Waals surface area contributed by atoms with Crippen LogP contribution < -0.4 is 10.7 Å². The second-order valence-electron chi connectivity index (χ2n) is 4.35. The second-order valence-corrected chi connectivity index (χ2v) is 4.88. The molecular weight excluding hydrogens is 302 g/mol. The zero-order valence-corrected chi connectivity index (χ0v) is 12.0. The smallest absolute Gasteiger partial charge is 0.339 e. The van der Waals surface area contributed by atoms with Crippen LogP contribution in [0.4, 0.5) is 10.5 Å². The minimum atomic E-state index is -0.476. The van der Waals surface area contributed by atoms with Gasteiger partial charge in [-0.05, 0) is 42.0 Å². The summed E-state index contributed by atoms with van der Waals surface area (Å²) in [7, 11) is 0. The van der Waals surface area contributed by atoms with Gasteiger partial charge in [-0.2, -0.15) is 13.8 Å². The first-order chi connectivity index (χ1) is 10.7. The molecule has 0 spiro atoms. The van der Waals surface area contributed by atoms with Crippen LogP contribution in [0.1, 0.15) is 5.56 Å². The van der Waals surface area contributed by atoms with Gasteiger partial charge < -0.3 is 10.4 Å². The first-order valence-electron chi connectivity index (χ1n) is 6.33. The van der Waals surface area contributed by atoms with Crippen LogP contribution in [0.3, 0.4) is 0 Å². The number of fused-ring (bicyclic) bond motifs is 1. The minimum Gasteiger partial charge on any atom is -0.508 e. The Labute approximate surface area is 129 Å². The number of anilines is 1. The van der Waals surface area contributed by atoms with Gasteiger partial charge in [-0.1, -0.05) is 6.07 Å². The predicted octanol–water partition coefficient (Wildman–Crippen LogP) is 2.55. The summed E-state index contributed by atoms with van der Waals surface area (Å²) in [4.78, 5) is 11.8. The van der Waals surface area contributed by atoms with Gasteiger partial charge in [-0.25, -0.2) is 10.2 Å². The number of benzene rings is 2. The number of phenols is 1. The number of aromatic nitrogens is 2. The molecule has 22 heavy (non-hydrogen) atoms. The highest BCUT2D eigenvalue weighted by Gasteiger charge is 2.07. The highest BCUT2D eigenvalue weighted by Crippen LogP contribution is 2.20. The van der Waals surface area contributed by atoms with Crippen molar-refractivity contribution in [3.8, 4) is 5.75 Å². The van der Waals surface area contributed by atoms with E-state index >= 15 is 0 Å². The van der Waals surface area contributed by atoms with Crippen LogP contribution in [0.5, 0.6) is 5.75 Å². The van der Waals surface area contributed by atoms with E-state index in [4.69, 9.17) is 5.11 Å². The number of urea groups is 1. The van der Waals surface area contributed by atoms with E-state index in [1.807, 2.05) is 6.07 Å². The Morgan fingerprint density at radius 2 is 2.00 bits per heavy atom. The summed E-state index contributed by atoms with van der Waals surface area (Å²) < 4.78 is 8.24. The maximum Gasteiger partial charge on any atom is 0.339 e. The molecule has 0 aliphatic rings. The first kappa shape index (κ1) is 14.0. The van der Waals surface area contributed by atoms with Gasteiger partial charge in [0.25, 0.3) is 0 Å². The molecule has 0 bridgehead atoms. The van der Waals surface area contributed by atoms with Crippen molar-refractivity contribution in [1.29, 1.82) is 0 Å². The van der Waals surface area contributed by atoms with Crippen molar-refractivity contribution >= 4 is 40.7 Å². The predicted molar refractivity (Wildman–Crippen MR) is 85.3 cm³/mol. The van der Waals surface area contributed by atoms with E-state index in [1.54, 1.807) is 24.3 Å². The lowest BCUT2D eigenvalue weighted by atomic mass is 10.2. The average molecular weight is 313 g/mol. The molecule has 1 heterocycles. The van der Waals surface area contributed by atoms with Crippen LogP contribution in [0.15, 0.2) is 47.6 Å². The van der Waals surface area contributed by atoms with E-state index in [9.17, 15) is 4.79 Å². The molecule has 0 unspecified atom stereocenters. The Morgan fingerprint density at radius 1 is 1.18 bits per heavy atom. The van der Waals surface area contributed by atoms with Crippen molar-refractivity contribution in [3.05, 3.63) is 48.0 Å². The quantitative estimate of drug-likeness (QED) is 0.511. The zero-order valence-electron chi connectivity index (χ0n) is 11.2. The summed E-state index contributed by atoms with van der Waals surface area (Å²) in [6.07, 6.45) is 1.48. The average Bonchev–Trinajstić information content (AvgIpc) is 2.99. The van der Waals surface area contributed by atoms with E-state index in [-0.39, 0.29) is 5.75 Å². The highest BCUT2D eigenvalue weighted by molar-refractivity contribution is 7.00. The Kier molecular flexibility index (Phi) is 3.92. The molecule has 0 aliphatic heterocycles. The molecule has 3 aromatic rings. The Morgan fingerprint density at radius 3 is 2.82 bits per heavy atom. The van der Waals surface area contributed by atoms with Crippen molar-refractivity contribution < 1.29 is 9.90 Å². The lowest BCUT2D eigenvalue weighted by Gasteiger charge is -2.04. The first-order valence-corrected chi connectivity index (χ1v) is 7.06. The van der Waals surface area contributed by atoms with Gasteiger partial charge in [-0.3, -0.25) is 0 Å². The summed E-state index contributed by atoms with van der Waals surface area (Å²) in [5.74, 6) is 0.174. The van der Waals surface area contributed by atoms with Crippen LogP contribution in [0.25, 0.3) is 11.0 Å². The van der Waals surface area contributed by atoms with Gasteiger partial charge in [-0.15, -0.1) is 0 Å². The summed E-state index contributed by atoms with van der Waals surface area (Å²) in [5.41, 5.74) is 5.07. The number of amides is 2. The van der Waals surface area contributed by atoms with Gasteiger partial charge in [0.05, 0.1) is 23.6 Å². The topological polar surface area (TPSA) is 99.5 Å². The fraction of sp³-hybridized carbons (Fsp3) is 0. The molecule has 0 radical (unpaired) electrons. The number of hydrogen-bond acceptors (Lipinski definition) is 6. The van der Waals surface area contributed by atoms with Crippen LogP contribution >= 0.6 is 11.7 Å². The summed E-state index contributed by atoms with van der Waals surface area (Å²) in [6, 6.07) is 11.3. The van der Waals surface area contributed by atoms with E-state index < -0.39 is 6.03 Å². The molecule has 1 aromatic heterocycles. The molecular formula is C14H11N5O2S. The largest absolute Gasteiger partial charge is 0.508 e. The molecule has 0 atom stereocenters. The van der Waals surface area contributed by atoms with Crippen molar-refractivity contribution in [2.75, 3.05) is 5.32 Å². The maximum atomic E-state index is 11.8. The molecule has 2 amide bonds. The van der Waals surface area contributed by atoms with Crippen LogP contribution in [-0.2, 0) is 0 Å². The van der Waals surface area contributed by atoms with Crippen LogP contribution in [-0.4, -0.2) is 26.1 Å². The molecule has 3 N–H and O–H groups in total. The molecule has 0 fully saturated rings. The monoisotopic (exact) mass is 313 g/mol. The number of rotatable bonds is 3. The maximum absolute atomic E-state index is 11.8. The standard InChI is InChI=1S/C14H11N5O2S/c20-10-6-4-9(5-7-10)8-15-17-14(21)16-11-2-1-3-12-13(11)19-22-18-12/h1-8,20H,(H2,16,17,21)/b15-8+. The third kappa shape index (κ3) is 3.18. The normalized spacial score (nSPS) is 10.9. The van der Waals surface area contributed by atoms with Gasteiger partial charge in [0, 0.05) is 0 Å². The number of hydrazone groups is 1. The van der Waals surface area contributed by atoms with E-state index in [0.29, 0.717) is 11.2 Å². The third-order valence-corrected chi connectivity index (χ3v) is 3.35. The third-order valence-electron chi connectivity index (χ3n) is 2.81. The second kappa shape index (κ2) is 6.19. The van der Waals surface area contributed by atoms with Gasteiger partial charge >= 0.3 is 6.03 Å². The Bertz CT molecular complexity index is 829. The summed E-state index contributed by atoms with van der Waals surface area (Å²) in [6.45, 7) is 0. The van der Waals surface area contributed by atoms with Crippen molar-refractivity contribution in [2.24, 2.45) is 5.10 Å². The van der Waals surface area contributed by atoms with Gasteiger partial charge in [0.15, 0.2) is 0 Å². The number of carbonyl (C=O) groups is 1. The van der Waals surface area contributed by atoms with Crippen molar-refractivity contribution in [2.45, 2.75) is 0 Å². The molecule has 3 rings (SSSR count). The lowest BCUT2D eigenvalue weighted by molar-refractivity contribution is 0.252. The van der Waals surface area contributed by atoms with Crippen molar-refractivity contribution in [1.82, 2.24) is 14.2 Å². The van der Waals surface area contributed by atoms with E-state index in [2.05, 4.69) is 24.6 Å². The number of aromatic hydroxyl groups is 1. The number of hydrogen-bond donors (Lipinski definition) is 3. The van der Waals surface area contributed by atoms with Crippen LogP contribution in [0.2, 0.25) is 0 Å². The van der Waals surface area contributed by atoms with Gasteiger partial charge in [0.1, 0.15) is 16.8 Å². The van der Waals surface area contributed by atoms with E-state index in [1.165, 1.54) is 18.3 Å². The molecule has 0 saturated carbocycles. The lowest BCUT2D eigenvalue weighted by Crippen LogP contribution is -2.24. The zero-order chi connectivity index (χ0) is 15.4. The van der Waals surface area contributed by atoms with Gasteiger partial charge in [0.2, 0.25) is 0 Å². The fourth-order valence-corrected chi connectivity index (χ4v) is 2.33.